The number of nitrogen functional groups attached to an aromatic ring is 1. The zero-order chi connectivity index (χ0) is 51.3. The van der Waals surface area contributed by atoms with Crippen LogP contribution in [-0.4, -0.2) is 92.9 Å². The number of hydrogen-bond acceptors (Lipinski definition) is 11. The van der Waals surface area contributed by atoms with E-state index in [1.807, 2.05) is 62.4 Å². The number of nitrogens with zero attached hydrogens (tertiary/aromatic N) is 8. The SMILES string of the molecule is CCCCc1nc2c(N)nc3ccccc3c2n1Cc1ccc(CNC(=O)C(CCCN=C(N)N)CC(=O)C(CC(=O)C2CCCN2C(=O)C(CCCCN)NC(=O)CCCCN=[N+]=[N-])CC(C)C)cc1. The largest absolute Gasteiger partial charge is 0.382 e. The maximum absolute atomic E-state index is 14.3. The number of guanidine groups is 1. The number of rotatable bonds is 31. The summed E-state index contributed by atoms with van der Waals surface area (Å²) in [6.07, 6.45) is 7.86. The van der Waals surface area contributed by atoms with Crippen molar-refractivity contribution in [3.8, 4) is 0 Å². The summed E-state index contributed by atoms with van der Waals surface area (Å²) in [4.78, 5) is 87.6. The van der Waals surface area contributed by atoms with Crippen molar-refractivity contribution in [3.63, 3.8) is 0 Å². The van der Waals surface area contributed by atoms with Crippen molar-refractivity contribution in [1.82, 2.24) is 30.1 Å². The van der Waals surface area contributed by atoms with Crippen molar-refractivity contribution < 1.29 is 24.0 Å². The lowest BCUT2D eigenvalue weighted by molar-refractivity contribution is -0.142. The summed E-state index contributed by atoms with van der Waals surface area (Å²) in [5.74, 6) is -1.26. The van der Waals surface area contributed by atoms with Crippen molar-refractivity contribution in [2.45, 2.75) is 149 Å². The highest BCUT2D eigenvalue weighted by Crippen LogP contribution is 2.31. The summed E-state index contributed by atoms with van der Waals surface area (Å²) in [6.45, 7) is 8.32. The molecule has 10 N–H and O–H groups in total. The molecule has 0 saturated carbocycles. The minimum atomic E-state index is -0.824. The fourth-order valence-electron chi connectivity index (χ4n) is 9.53. The number of carbonyl (C=O) groups excluding carboxylic acids is 5. The molecule has 4 atom stereocenters. The molecule has 1 aliphatic heterocycles. The molecule has 0 spiro atoms. The fraction of sp³-hybridized carbons (Fsp3) is 0.577. The van der Waals surface area contributed by atoms with E-state index >= 15 is 0 Å². The summed E-state index contributed by atoms with van der Waals surface area (Å²) in [7, 11) is 0. The molecule has 2 aromatic carbocycles. The van der Waals surface area contributed by atoms with Gasteiger partial charge in [0.25, 0.3) is 0 Å². The van der Waals surface area contributed by atoms with Crippen molar-refractivity contribution in [3.05, 3.63) is 75.9 Å². The highest BCUT2D eigenvalue weighted by Gasteiger charge is 2.39. The summed E-state index contributed by atoms with van der Waals surface area (Å²) < 4.78 is 2.24. The highest BCUT2D eigenvalue weighted by molar-refractivity contribution is 6.06. The number of imidazole rings is 1. The molecule has 1 saturated heterocycles. The average molecular weight is 977 g/mol. The van der Waals surface area contributed by atoms with Crippen LogP contribution in [0.1, 0.15) is 134 Å². The third-order valence-electron chi connectivity index (χ3n) is 13.2. The number of aryl methyl sites for hydroxylation is 1. The van der Waals surface area contributed by atoms with E-state index < -0.39 is 23.9 Å². The lowest BCUT2D eigenvalue weighted by Gasteiger charge is -2.30. The monoisotopic (exact) mass is 977 g/mol. The Labute approximate surface area is 417 Å². The number of ketones is 2. The van der Waals surface area contributed by atoms with Gasteiger partial charge in [0.1, 0.15) is 23.2 Å². The van der Waals surface area contributed by atoms with Crippen LogP contribution in [0.15, 0.2) is 58.6 Å². The second-order valence-corrected chi connectivity index (χ2v) is 19.3. The van der Waals surface area contributed by atoms with E-state index in [0.29, 0.717) is 95.2 Å². The molecule has 1 aliphatic rings. The number of likely N-dealkylation sites (tertiary alicyclic amines) is 1. The molecule has 4 aromatic rings. The maximum atomic E-state index is 14.3. The molecule has 384 valence electrons. The van der Waals surface area contributed by atoms with E-state index in [1.165, 1.54) is 0 Å². The van der Waals surface area contributed by atoms with Crippen LogP contribution in [0, 0.1) is 17.8 Å². The number of Topliss-reactive ketones (excluding diaryl/α,β-unsaturated/α-hetero) is 2. The summed E-state index contributed by atoms with van der Waals surface area (Å²) in [6, 6.07) is 14.5. The molecule has 0 aliphatic carbocycles. The molecule has 2 aromatic heterocycles. The van der Waals surface area contributed by atoms with Gasteiger partial charge in [-0.05, 0) is 106 Å². The third-order valence-corrected chi connectivity index (χ3v) is 13.2. The van der Waals surface area contributed by atoms with Crippen LogP contribution < -0.4 is 33.6 Å². The van der Waals surface area contributed by atoms with Gasteiger partial charge in [-0.15, -0.1) is 0 Å². The van der Waals surface area contributed by atoms with E-state index in [4.69, 9.17) is 33.4 Å². The van der Waals surface area contributed by atoms with E-state index in [0.717, 1.165) is 52.6 Å². The number of pyridine rings is 1. The van der Waals surface area contributed by atoms with Gasteiger partial charge in [0.2, 0.25) is 17.7 Å². The summed E-state index contributed by atoms with van der Waals surface area (Å²) >= 11 is 0. The zero-order valence-electron chi connectivity index (χ0n) is 42.0. The predicted molar refractivity (Wildman–Crippen MR) is 278 cm³/mol. The number of aromatic nitrogens is 3. The first-order valence-electron chi connectivity index (χ1n) is 25.5. The zero-order valence-corrected chi connectivity index (χ0v) is 42.0. The molecule has 3 heterocycles. The van der Waals surface area contributed by atoms with Crippen molar-refractivity contribution in [2.75, 3.05) is 31.9 Å². The molecule has 19 nitrogen and oxygen atoms in total. The Morgan fingerprint density at radius 1 is 0.901 bits per heavy atom. The molecule has 5 rings (SSSR count). The number of fused-ring (bicyclic) bond motifs is 3. The lowest BCUT2D eigenvalue weighted by atomic mass is 9.82. The molecule has 0 bridgehead atoms. The van der Waals surface area contributed by atoms with Crippen LogP contribution in [-0.2, 0) is 43.5 Å². The van der Waals surface area contributed by atoms with Gasteiger partial charge in [-0.3, -0.25) is 29.0 Å². The van der Waals surface area contributed by atoms with Gasteiger partial charge >= 0.3 is 0 Å². The van der Waals surface area contributed by atoms with E-state index in [2.05, 4.69) is 42.1 Å². The maximum Gasteiger partial charge on any atom is 0.245 e. The Morgan fingerprint density at radius 2 is 1.66 bits per heavy atom. The minimum Gasteiger partial charge on any atom is -0.382 e. The Balaban J connectivity index is 1.26. The number of nitrogens with one attached hydrogen (secondary N) is 2. The van der Waals surface area contributed by atoms with Crippen LogP contribution >= 0.6 is 0 Å². The van der Waals surface area contributed by atoms with Gasteiger partial charge in [0, 0.05) is 80.5 Å². The van der Waals surface area contributed by atoms with Crippen LogP contribution in [0.4, 0.5) is 5.82 Å². The number of anilines is 1. The van der Waals surface area contributed by atoms with Gasteiger partial charge in [0.05, 0.1) is 17.1 Å². The molecule has 3 amide bonds. The topological polar surface area (TPSA) is 309 Å². The van der Waals surface area contributed by atoms with Crippen molar-refractivity contribution in [1.29, 1.82) is 0 Å². The molecular weight excluding hydrogens is 901 g/mol. The number of hydrogen-bond donors (Lipinski definition) is 6. The van der Waals surface area contributed by atoms with Crippen LogP contribution in [0.5, 0.6) is 0 Å². The minimum absolute atomic E-state index is 0.0588. The van der Waals surface area contributed by atoms with E-state index in [9.17, 15) is 24.0 Å². The standard InChI is InChI=1S/C52H76N14O5/c1-4-5-19-45-63-47-48(39-15-6-7-16-40(39)62-49(47)54)66(45)33-36-23-21-35(22-24-36)32-59-50(70)37(14-12-26-58-52(55)56)30-43(67)38(29-34(2)3)31-44(68)42-18-13-28-65(42)51(71)41(17-8-10-25-53)61-46(69)20-9-11-27-60-64-57/h6-7,15-16,21-24,34,37-38,41-42H,4-5,8-14,17-20,25-33,53H2,1-3H3,(H2,54,62)(H,59,70)(H,61,69)(H4,55,56,58). The van der Waals surface area contributed by atoms with Crippen molar-refractivity contribution >= 4 is 63.0 Å². The Hall–Kier alpha value is -6.59. The molecular formula is C52H76N14O5. The molecule has 71 heavy (non-hydrogen) atoms. The summed E-state index contributed by atoms with van der Waals surface area (Å²) in [5, 5.41) is 10.5. The number of aliphatic imine (C=N–C) groups is 1. The second kappa shape index (κ2) is 28.3. The molecule has 0 radical (unpaired) electrons. The predicted octanol–water partition coefficient (Wildman–Crippen LogP) is 6.51. The van der Waals surface area contributed by atoms with Gasteiger partial charge in [0.15, 0.2) is 17.6 Å². The number of para-hydroxylation sites is 1. The number of unbranched alkanes of at least 4 members (excludes halogenated alkanes) is 3. The first kappa shape index (κ1) is 55.3. The molecule has 4 unspecified atom stereocenters. The van der Waals surface area contributed by atoms with Gasteiger partial charge < -0.3 is 43.0 Å². The molecule has 19 heteroatoms. The van der Waals surface area contributed by atoms with Gasteiger partial charge in [-0.25, -0.2) is 9.97 Å². The van der Waals surface area contributed by atoms with Gasteiger partial charge in [-0.1, -0.05) is 74.8 Å². The van der Waals surface area contributed by atoms with Crippen LogP contribution in [0.3, 0.4) is 0 Å². The number of benzene rings is 2. The lowest BCUT2D eigenvalue weighted by Crippen LogP contribution is -2.52. The number of amides is 3. The number of nitrogens with two attached hydrogens (primary N) is 4. The van der Waals surface area contributed by atoms with E-state index in [1.54, 1.807) is 4.90 Å². The Bertz CT molecular complexity index is 2500. The van der Waals surface area contributed by atoms with Crippen LogP contribution in [0.2, 0.25) is 0 Å². The number of azide groups is 1. The first-order valence-corrected chi connectivity index (χ1v) is 25.5. The normalized spacial score (nSPS) is 14.8. The van der Waals surface area contributed by atoms with Crippen LogP contribution in [0.25, 0.3) is 32.4 Å². The average Bonchev–Trinajstić information content (AvgIpc) is 3.99. The first-order chi connectivity index (χ1) is 34.2. The Morgan fingerprint density at radius 3 is 2.38 bits per heavy atom. The third kappa shape index (κ3) is 16.5. The number of carbonyl (C=O) groups is 5. The smallest absolute Gasteiger partial charge is 0.245 e. The second-order valence-electron chi connectivity index (χ2n) is 19.3. The quantitative estimate of drug-likeness (QED) is 0.00788. The van der Waals surface area contributed by atoms with E-state index in [-0.39, 0.29) is 80.1 Å². The van der Waals surface area contributed by atoms with Crippen molar-refractivity contribution in [2.24, 2.45) is 45.1 Å². The summed E-state index contributed by atoms with van der Waals surface area (Å²) in [5.41, 5.74) is 36.3. The Kier molecular flexibility index (Phi) is 22.1. The highest BCUT2D eigenvalue weighted by atomic mass is 16.2. The fourth-order valence-corrected chi connectivity index (χ4v) is 9.53. The molecule has 1 fully saturated rings. The van der Waals surface area contributed by atoms with Gasteiger partial charge in [-0.2, -0.15) is 0 Å².